The standard InChI is InChI=1S/C23H27N5O4/c1-23(2)17-13-16(7-8-18(17)27-22(23)32)28(11-12-29)20(31)10-9-19(30)26-15-5-3-14(4-6-15)21(24)25/h3-8,13,29H,9-12H2,1-2H3,(H3,24,25)(H,26,30)(H,27,32). The SMILES string of the molecule is CC1(C)C(=O)Nc2ccc(N(CCO)C(=O)CCC(=O)Nc3ccc(C(=N)N)cc3)cc21. The fourth-order valence-electron chi connectivity index (χ4n) is 3.54. The van der Waals surface area contributed by atoms with Crippen molar-refractivity contribution in [3.05, 3.63) is 53.6 Å². The first kappa shape index (κ1) is 23.0. The van der Waals surface area contributed by atoms with Gasteiger partial charge in [0, 0.05) is 42.0 Å². The third-order valence-electron chi connectivity index (χ3n) is 5.47. The number of nitrogen functional groups attached to an aromatic ring is 1. The van der Waals surface area contributed by atoms with E-state index in [2.05, 4.69) is 10.6 Å². The van der Waals surface area contributed by atoms with Crippen molar-refractivity contribution >= 4 is 40.6 Å². The van der Waals surface area contributed by atoms with Crippen LogP contribution in [0.15, 0.2) is 42.5 Å². The van der Waals surface area contributed by atoms with E-state index in [1.807, 2.05) is 13.8 Å². The average Bonchev–Trinajstić information content (AvgIpc) is 2.98. The normalized spacial score (nSPS) is 13.8. The highest BCUT2D eigenvalue weighted by Crippen LogP contribution is 2.39. The van der Waals surface area contributed by atoms with E-state index < -0.39 is 5.41 Å². The van der Waals surface area contributed by atoms with E-state index in [9.17, 15) is 19.5 Å². The van der Waals surface area contributed by atoms with Gasteiger partial charge in [-0.1, -0.05) is 0 Å². The van der Waals surface area contributed by atoms with Gasteiger partial charge in [-0.25, -0.2) is 0 Å². The Kier molecular flexibility index (Phi) is 6.59. The van der Waals surface area contributed by atoms with E-state index in [0.717, 1.165) is 5.56 Å². The summed E-state index contributed by atoms with van der Waals surface area (Å²) in [6.45, 7) is 3.46. The Labute approximate surface area is 186 Å². The quantitative estimate of drug-likeness (QED) is 0.316. The van der Waals surface area contributed by atoms with E-state index in [1.54, 1.807) is 42.5 Å². The van der Waals surface area contributed by atoms with Crippen LogP contribution in [0.25, 0.3) is 0 Å². The molecule has 0 saturated carbocycles. The van der Waals surface area contributed by atoms with Gasteiger partial charge in [0.2, 0.25) is 17.7 Å². The fourth-order valence-corrected chi connectivity index (χ4v) is 3.54. The summed E-state index contributed by atoms with van der Waals surface area (Å²) < 4.78 is 0. The van der Waals surface area contributed by atoms with E-state index in [1.165, 1.54) is 4.90 Å². The van der Waals surface area contributed by atoms with Crippen molar-refractivity contribution in [2.75, 3.05) is 28.7 Å². The molecule has 3 rings (SSSR count). The van der Waals surface area contributed by atoms with Crippen LogP contribution in [0, 0.1) is 5.41 Å². The lowest BCUT2D eigenvalue weighted by atomic mass is 9.86. The maximum absolute atomic E-state index is 12.9. The zero-order valence-corrected chi connectivity index (χ0v) is 18.1. The average molecular weight is 438 g/mol. The Bertz CT molecular complexity index is 1060. The Hall–Kier alpha value is -3.72. The molecule has 9 heteroatoms. The van der Waals surface area contributed by atoms with E-state index in [0.29, 0.717) is 22.6 Å². The van der Waals surface area contributed by atoms with Crippen LogP contribution >= 0.6 is 0 Å². The van der Waals surface area contributed by atoms with Gasteiger partial charge in [0.25, 0.3) is 0 Å². The van der Waals surface area contributed by atoms with Gasteiger partial charge in [0.05, 0.1) is 12.0 Å². The number of aliphatic hydroxyl groups excluding tert-OH is 1. The number of hydrogen-bond donors (Lipinski definition) is 5. The van der Waals surface area contributed by atoms with Crippen LogP contribution in [0.5, 0.6) is 0 Å². The molecule has 9 nitrogen and oxygen atoms in total. The smallest absolute Gasteiger partial charge is 0.234 e. The molecule has 1 aliphatic heterocycles. The second-order valence-corrected chi connectivity index (χ2v) is 8.12. The first-order valence-corrected chi connectivity index (χ1v) is 10.2. The Balaban J connectivity index is 1.66. The molecular formula is C23H27N5O4. The number of carbonyl (C=O) groups is 3. The molecule has 0 aromatic heterocycles. The maximum atomic E-state index is 12.9. The first-order valence-electron chi connectivity index (χ1n) is 10.2. The van der Waals surface area contributed by atoms with Gasteiger partial charge in [-0.15, -0.1) is 0 Å². The lowest BCUT2D eigenvalue weighted by Gasteiger charge is -2.24. The van der Waals surface area contributed by atoms with Crippen molar-refractivity contribution in [1.29, 1.82) is 5.41 Å². The number of fused-ring (bicyclic) bond motifs is 1. The van der Waals surface area contributed by atoms with Crippen LogP contribution in [-0.2, 0) is 19.8 Å². The molecule has 0 bridgehead atoms. The number of amides is 3. The van der Waals surface area contributed by atoms with Gasteiger partial charge >= 0.3 is 0 Å². The first-order chi connectivity index (χ1) is 15.1. The van der Waals surface area contributed by atoms with Crippen molar-refractivity contribution in [2.45, 2.75) is 32.1 Å². The topological polar surface area (TPSA) is 149 Å². The van der Waals surface area contributed by atoms with Crippen LogP contribution in [0.1, 0.15) is 37.8 Å². The van der Waals surface area contributed by atoms with Gasteiger partial charge in [-0.05, 0) is 61.9 Å². The second-order valence-electron chi connectivity index (χ2n) is 8.12. The van der Waals surface area contributed by atoms with Crippen molar-refractivity contribution in [3.8, 4) is 0 Å². The largest absolute Gasteiger partial charge is 0.395 e. The van der Waals surface area contributed by atoms with Crippen LogP contribution in [0.2, 0.25) is 0 Å². The van der Waals surface area contributed by atoms with Gasteiger partial charge < -0.3 is 26.4 Å². The number of amidine groups is 1. The number of rotatable bonds is 8. The summed E-state index contributed by atoms with van der Waals surface area (Å²) >= 11 is 0. The van der Waals surface area contributed by atoms with Gasteiger partial charge in [0.1, 0.15) is 5.84 Å². The molecule has 0 spiro atoms. The molecule has 1 aliphatic rings. The van der Waals surface area contributed by atoms with Crippen molar-refractivity contribution in [3.63, 3.8) is 0 Å². The minimum absolute atomic E-state index is 0.0360. The predicted molar refractivity (Wildman–Crippen MR) is 123 cm³/mol. The van der Waals surface area contributed by atoms with Crippen LogP contribution < -0.4 is 21.3 Å². The molecule has 2 aromatic rings. The highest BCUT2D eigenvalue weighted by Gasteiger charge is 2.38. The third-order valence-corrected chi connectivity index (χ3v) is 5.47. The van der Waals surface area contributed by atoms with Crippen LogP contribution in [-0.4, -0.2) is 41.8 Å². The summed E-state index contributed by atoms with van der Waals surface area (Å²) in [5.41, 5.74) is 7.82. The lowest BCUT2D eigenvalue weighted by Crippen LogP contribution is -2.34. The second kappa shape index (κ2) is 9.19. The van der Waals surface area contributed by atoms with Crippen LogP contribution in [0.4, 0.5) is 17.1 Å². The highest BCUT2D eigenvalue weighted by molar-refractivity contribution is 6.06. The monoisotopic (exact) mass is 437 g/mol. The summed E-state index contributed by atoms with van der Waals surface area (Å²) in [6.07, 6.45) is -0.0826. The number of benzene rings is 2. The highest BCUT2D eigenvalue weighted by atomic mass is 16.3. The predicted octanol–water partition coefficient (Wildman–Crippen LogP) is 1.94. The minimum atomic E-state index is -0.725. The van der Waals surface area contributed by atoms with Crippen molar-refractivity contribution in [2.24, 2.45) is 5.73 Å². The molecule has 32 heavy (non-hydrogen) atoms. The van der Waals surface area contributed by atoms with E-state index >= 15 is 0 Å². The molecule has 3 amide bonds. The number of hydrogen-bond acceptors (Lipinski definition) is 5. The molecule has 1 heterocycles. The molecule has 2 aromatic carbocycles. The summed E-state index contributed by atoms with van der Waals surface area (Å²) in [6, 6.07) is 11.8. The number of aliphatic hydroxyl groups is 1. The molecule has 0 aliphatic carbocycles. The zero-order valence-electron chi connectivity index (χ0n) is 18.1. The van der Waals surface area contributed by atoms with Gasteiger partial charge in [-0.3, -0.25) is 19.8 Å². The third kappa shape index (κ3) is 4.78. The summed E-state index contributed by atoms with van der Waals surface area (Å²) in [5, 5.41) is 22.4. The summed E-state index contributed by atoms with van der Waals surface area (Å²) in [7, 11) is 0. The summed E-state index contributed by atoms with van der Waals surface area (Å²) in [5.74, 6) is -0.816. The van der Waals surface area contributed by atoms with E-state index in [-0.39, 0.29) is 49.6 Å². The Morgan fingerprint density at radius 2 is 1.84 bits per heavy atom. The zero-order chi connectivity index (χ0) is 23.5. The molecule has 0 atom stereocenters. The Morgan fingerprint density at radius 1 is 1.16 bits per heavy atom. The molecule has 0 radical (unpaired) electrons. The number of nitrogens with one attached hydrogen (secondary N) is 3. The molecule has 0 saturated heterocycles. The molecule has 6 N–H and O–H groups in total. The number of nitrogens with zero attached hydrogens (tertiary/aromatic N) is 1. The molecule has 0 unspecified atom stereocenters. The molecular weight excluding hydrogens is 410 g/mol. The van der Waals surface area contributed by atoms with Gasteiger partial charge in [-0.2, -0.15) is 0 Å². The molecule has 168 valence electrons. The van der Waals surface area contributed by atoms with Crippen LogP contribution in [0.3, 0.4) is 0 Å². The number of nitrogens with two attached hydrogens (primary N) is 1. The Morgan fingerprint density at radius 3 is 2.47 bits per heavy atom. The van der Waals surface area contributed by atoms with Crippen molar-refractivity contribution < 1.29 is 19.5 Å². The molecule has 0 fully saturated rings. The number of carbonyl (C=O) groups excluding carboxylic acids is 3. The fraction of sp³-hybridized carbons (Fsp3) is 0.304. The summed E-state index contributed by atoms with van der Waals surface area (Å²) in [4.78, 5) is 38.7. The maximum Gasteiger partial charge on any atom is 0.234 e. The van der Waals surface area contributed by atoms with Crippen molar-refractivity contribution in [1.82, 2.24) is 0 Å². The van der Waals surface area contributed by atoms with E-state index in [4.69, 9.17) is 11.1 Å². The number of anilines is 3. The van der Waals surface area contributed by atoms with Gasteiger partial charge in [0.15, 0.2) is 0 Å². The lowest BCUT2D eigenvalue weighted by molar-refractivity contribution is -0.122. The minimum Gasteiger partial charge on any atom is -0.395 e.